The fraction of sp³-hybridized carbons (Fsp3) is 0.263. The van der Waals surface area contributed by atoms with Crippen molar-refractivity contribution in [2.45, 2.75) is 23.9 Å². The van der Waals surface area contributed by atoms with Crippen LogP contribution in [0.4, 0.5) is 5.69 Å². The number of aromatic nitrogens is 2. The molecule has 8 heteroatoms. The molecule has 1 heterocycles. The number of carbonyl (C=O) groups is 1. The molecule has 1 unspecified atom stereocenters. The summed E-state index contributed by atoms with van der Waals surface area (Å²) in [6, 6.07) is 12.9. The number of para-hydroxylation sites is 2. The molecule has 0 aliphatic heterocycles. The first-order valence-corrected chi connectivity index (χ1v) is 10.00. The Morgan fingerprint density at radius 1 is 1.30 bits per heavy atom. The van der Waals surface area contributed by atoms with Gasteiger partial charge in [-0.1, -0.05) is 47.1 Å². The standard InChI is InChI=1S/C19H19Cl2N3O2S/c1-12(18(25)22-15-8-7-13(20)11-14(15)21)27-19-23-16-5-3-4-6-17(16)24(19)9-10-26-2/h3-8,11-12H,9-10H2,1-2H3,(H,22,25). The van der Waals surface area contributed by atoms with Gasteiger partial charge < -0.3 is 14.6 Å². The Bertz CT molecular complexity index is 961. The lowest BCUT2D eigenvalue weighted by Gasteiger charge is -2.14. The topological polar surface area (TPSA) is 56.1 Å². The smallest absolute Gasteiger partial charge is 0.237 e. The molecule has 27 heavy (non-hydrogen) atoms. The summed E-state index contributed by atoms with van der Waals surface area (Å²) in [6.45, 7) is 3.06. The third-order valence-corrected chi connectivity index (χ3v) is 5.62. The van der Waals surface area contributed by atoms with Crippen molar-refractivity contribution >= 4 is 57.6 Å². The molecule has 0 radical (unpaired) electrons. The average molecular weight is 424 g/mol. The molecule has 142 valence electrons. The largest absolute Gasteiger partial charge is 0.383 e. The van der Waals surface area contributed by atoms with E-state index in [2.05, 4.69) is 14.9 Å². The molecule has 0 bridgehead atoms. The van der Waals surface area contributed by atoms with Gasteiger partial charge in [0.25, 0.3) is 0 Å². The minimum absolute atomic E-state index is 0.158. The molecule has 2 aromatic carbocycles. The highest BCUT2D eigenvalue weighted by Gasteiger charge is 2.20. The number of nitrogens with zero attached hydrogens (tertiary/aromatic N) is 2. The van der Waals surface area contributed by atoms with Gasteiger partial charge in [-0.2, -0.15) is 0 Å². The zero-order chi connectivity index (χ0) is 19.4. The van der Waals surface area contributed by atoms with E-state index in [0.717, 1.165) is 16.2 Å². The second-order valence-corrected chi connectivity index (χ2v) is 8.05. The molecular weight excluding hydrogens is 405 g/mol. The van der Waals surface area contributed by atoms with E-state index >= 15 is 0 Å². The highest BCUT2D eigenvalue weighted by Crippen LogP contribution is 2.29. The van der Waals surface area contributed by atoms with Crippen LogP contribution in [0, 0.1) is 0 Å². The molecule has 5 nitrogen and oxygen atoms in total. The van der Waals surface area contributed by atoms with Crippen LogP contribution >= 0.6 is 35.0 Å². The Balaban J connectivity index is 1.78. The second kappa shape index (κ2) is 8.97. The predicted molar refractivity (Wildman–Crippen MR) is 112 cm³/mol. The average Bonchev–Trinajstić information content (AvgIpc) is 2.99. The van der Waals surface area contributed by atoms with Crippen LogP contribution in [0.1, 0.15) is 6.92 Å². The first kappa shape index (κ1) is 20.0. The lowest BCUT2D eigenvalue weighted by Crippen LogP contribution is -2.23. The van der Waals surface area contributed by atoms with Gasteiger partial charge in [0.1, 0.15) is 0 Å². The summed E-state index contributed by atoms with van der Waals surface area (Å²) in [6.07, 6.45) is 0. The van der Waals surface area contributed by atoms with Crippen LogP contribution in [0.2, 0.25) is 10.0 Å². The molecule has 1 N–H and O–H groups in total. The zero-order valence-corrected chi connectivity index (χ0v) is 17.2. The van der Waals surface area contributed by atoms with Crippen LogP contribution in [0.3, 0.4) is 0 Å². The van der Waals surface area contributed by atoms with Crippen molar-refractivity contribution in [3.8, 4) is 0 Å². The van der Waals surface area contributed by atoms with Crippen molar-refractivity contribution in [1.82, 2.24) is 9.55 Å². The fourth-order valence-electron chi connectivity index (χ4n) is 2.58. The van der Waals surface area contributed by atoms with Gasteiger partial charge in [-0.25, -0.2) is 4.98 Å². The highest BCUT2D eigenvalue weighted by atomic mass is 35.5. The van der Waals surface area contributed by atoms with Crippen molar-refractivity contribution in [3.05, 3.63) is 52.5 Å². The van der Waals surface area contributed by atoms with E-state index in [1.54, 1.807) is 25.3 Å². The van der Waals surface area contributed by atoms with Crippen LogP contribution < -0.4 is 5.32 Å². The summed E-state index contributed by atoms with van der Waals surface area (Å²) in [5.74, 6) is -0.158. The molecule has 1 aromatic heterocycles. The number of hydrogen-bond acceptors (Lipinski definition) is 4. The van der Waals surface area contributed by atoms with E-state index in [1.165, 1.54) is 11.8 Å². The molecule has 3 aromatic rings. The minimum Gasteiger partial charge on any atom is -0.383 e. The van der Waals surface area contributed by atoms with Crippen molar-refractivity contribution in [2.24, 2.45) is 0 Å². The first-order chi connectivity index (χ1) is 13.0. The normalized spacial score (nSPS) is 12.3. The van der Waals surface area contributed by atoms with Crippen LogP contribution in [-0.4, -0.2) is 34.4 Å². The SMILES string of the molecule is COCCn1c(SC(C)C(=O)Nc2ccc(Cl)cc2Cl)nc2ccccc21. The Labute approximate surface area is 172 Å². The summed E-state index contributed by atoms with van der Waals surface area (Å²) >= 11 is 13.4. The first-order valence-electron chi connectivity index (χ1n) is 8.36. The summed E-state index contributed by atoms with van der Waals surface area (Å²) in [5, 5.41) is 4.18. The van der Waals surface area contributed by atoms with Gasteiger partial charge in [0.2, 0.25) is 5.91 Å². The van der Waals surface area contributed by atoms with Crippen molar-refractivity contribution < 1.29 is 9.53 Å². The molecule has 0 saturated carbocycles. The fourth-order valence-corrected chi connectivity index (χ4v) is 3.98. The molecule has 0 fully saturated rings. The molecule has 3 rings (SSSR count). The number of rotatable bonds is 7. The number of thioether (sulfide) groups is 1. The van der Waals surface area contributed by atoms with Gasteiger partial charge in [0.15, 0.2) is 5.16 Å². The third kappa shape index (κ3) is 4.76. The number of ether oxygens (including phenoxy) is 1. The van der Waals surface area contributed by atoms with E-state index in [4.69, 9.17) is 27.9 Å². The zero-order valence-electron chi connectivity index (χ0n) is 14.9. The number of fused-ring (bicyclic) bond motifs is 1. The number of halogens is 2. The number of methoxy groups -OCH3 is 1. The van der Waals surface area contributed by atoms with Gasteiger partial charge in [0.05, 0.1) is 33.6 Å². The van der Waals surface area contributed by atoms with Crippen LogP contribution in [0.15, 0.2) is 47.6 Å². The summed E-state index contributed by atoms with van der Waals surface area (Å²) in [7, 11) is 1.66. The second-order valence-electron chi connectivity index (χ2n) is 5.90. The lowest BCUT2D eigenvalue weighted by atomic mass is 10.3. The van der Waals surface area contributed by atoms with Crippen molar-refractivity contribution in [1.29, 1.82) is 0 Å². The van der Waals surface area contributed by atoms with E-state index in [1.807, 2.05) is 31.2 Å². The monoisotopic (exact) mass is 423 g/mol. The molecule has 0 saturated heterocycles. The molecule has 1 amide bonds. The number of hydrogen-bond donors (Lipinski definition) is 1. The number of imidazole rings is 1. The van der Waals surface area contributed by atoms with Crippen LogP contribution in [-0.2, 0) is 16.1 Å². The Morgan fingerprint density at radius 2 is 2.07 bits per heavy atom. The van der Waals surface area contributed by atoms with Crippen molar-refractivity contribution in [2.75, 3.05) is 19.0 Å². The Kier molecular flexibility index (Phi) is 6.65. The Hall–Kier alpha value is -1.73. The van der Waals surface area contributed by atoms with E-state index < -0.39 is 0 Å². The summed E-state index contributed by atoms with van der Waals surface area (Å²) in [4.78, 5) is 17.3. The molecule has 0 aliphatic carbocycles. The summed E-state index contributed by atoms with van der Waals surface area (Å²) in [5.41, 5.74) is 2.45. The van der Waals surface area contributed by atoms with Gasteiger partial charge in [-0.15, -0.1) is 0 Å². The predicted octanol–water partition coefficient (Wildman–Crippen LogP) is 5.11. The molecule has 0 aliphatic rings. The van der Waals surface area contributed by atoms with Gasteiger partial charge in [-0.05, 0) is 37.3 Å². The third-order valence-electron chi connectivity index (χ3n) is 3.98. The molecular formula is C19H19Cl2N3O2S. The maximum absolute atomic E-state index is 12.6. The number of nitrogens with one attached hydrogen (secondary N) is 1. The van der Waals surface area contributed by atoms with Crippen LogP contribution in [0.5, 0.6) is 0 Å². The number of anilines is 1. The van der Waals surface area contributed by atoms with Crippen LogP contribution in [0.25, 0.3) is 11.0 Å². The lowest BCUT2D eigenvalue weighted by molar-refractivity contribution is -0.115. The van der Waals surface area contributed by atoms with Gasteiger partial charge in [-0.3, -0.25) is 4.79 Å². The highest BCUT2D eigenvalue weighted by molar-refractivity contribution is 8.00. The van der Waals surface area contributed by atoms with Gasteiger partial charge in [0, 0.05) is 18.7 Å². The number of benzene rings is 2. The summed E-state index contributed by atoms with van der Waals surface area (Å²) < 4.78 is 7.28. The number of amides is 1. The van der Waals surface area contributed by atoms with E-state index in [-0.39, 0.29) is 11.2 Å². The number of carbonyl (C=O) groups excluding carboxylic acids is 1. The quantitative estimate of drug-likeness (QED) is 0.536. The van der Waals surface area contributed by atoms with E-state index in [0.29, 0.717) is 28.9 Å². The minimum atomic E-state index is -0.366. The molecule has 0 spiro atoms. The molecule has 1 atom stereocenters. The Morgan fingerprint density at radius 3 is 2.81 bits per heavy atom. The van der Waals surface area contributed by atoms with Gasteiger partial charge >= 0.3 is 0 Å². The van der Waals surface area contributed by atoms with Crippen molar-refractivity contribution in [3.63, 3.8) is 0 Å². The maximum Gasteiger partial charge on any atom is 0.237 e. The maximum atomic E-state index is 12.6. The van der Waals surface area contributed by atoms with E-state index in [9.17, 15) is 4.79 Å².